The van der Waals surface area contributed by atoms with E-state index in [2.05, 4.69) is 6.92 Å². The van der Waals surface area contributed by atoms with Crippen molar-refractivity contribution in [3.05, 3.63) is 35.9 Å². The highest BCUT2D eigenvalue weighted by molar-refractivity contribution is 5.68. The number of carbonyl (C=O) groups is 1. The second-order valence-corrected chi connectivity index (χ2v) is 5.68. The van der Waals surface area contributed by atoms with Gasteiger partial charge in [-0.3, -0.25) is 0 Å². The molecule has 18 heavy (non-hydrogen) atoms. The molecule has 2 fully saturated rings. The van der Waals surface area contributed by atoms with Crippen LogP contribution in [0.5, 0.6) is 0 Å². The lowest BCUT2D eigenvalue weighted by molar-refractivity contribution is 0.102. The van der Waals surface area contributed by atoms with Crippen LogP contribution in [0.15, 0.2) is 30.3 Å². The van der Waals surface area contributed by atoms with Gasteiger partial charge < -0.3 is 9.64 Å². The van der Waals surface area contributed by atoms with Crippen LogP contribution in [0.3, 0.4) is 0 Å². The van der Waals surface area contributed by atoms with E-state index in [0.29, 0.717) is 12.0 Å². The molecule has 1 heterocycles. The minimum absolute atomic E-state index is 0.158. The number of carbonyl (C=O) groups excluding carboxylic acids is 1. The first-order chi connectivity index (χ1) is 8.70. The van der Waals surface area contributed by atoms with E-state index in [0.717, 1.165) is 31.0 Å². The van der Waals surface area contributed by atoms with Gasteiger partial charge in [0, 0.05) is 13.1 Å². The fourth-order valence-electron chi connectivity index (χ4n) is 2.98. The molecule has 1 saturated carbocycles. The predicted octanol–water partition coefficient (Wildman–Crippen LogP) is 3.06. The zero-order valence-electron chi connectivity index (χ0n) is 10.8. The van der Waals surface area contributed by atoms with Gasteiger partial charge in [0.25, 0.3) is 0 Å². The molecule has 0 bridgehead atoms. The molecule has 0 aromatic heterocycles. The topological polar surface area (TPSA) is 29.5 Å². The van der Waals surface area contributed by atoms with Crippen molar-refractivity contribution >= 4 is 6.09 Å². The summed E-state index contributed by atoms with van der Waals surface area (Å²) in [4.78, 5) is 13.8. The minimum atomic E-state index is -0.158. The number of nitrogens with zero attached hydrogens (tertiary/aromatic N) is 1. The Morgan fingerprint density at radius 3 is 2.78 bits per heavy atom. The zero-order valence-corrected chi connectivity index (χ0v) is 10.8. The Morgan fingerprint density at radius 2 is 2.17 bits per heavy atom. The van der Waals surface area contributed by atoms with Gasteiger partial charge in [-0.25, -0.2) is 4.79 Å². The van der Waals surface area contributed by atoms with E-state index < -0.39 is 0 Å². The molecule has 1 unspecified atom stereocenters. The first kappa shape index (κ1) is 11.6. The van der Waals surface area contributed by atoms with Crippen LogP contribution in [0.25, 0.3) is 0 Å². The van der Waals surface area contributed by atoms with Crippen molar-refractivity contribution in [1.29, 1.82) is 0 Å². The molecule has 0 radical (unpaired) electrons. The smallest absolute Gasteiger partial charge is 0.410 e. The van der Waals surface area contributed by atoms with Crippen LogP contribution < -0.4 is 0 Å². The minimum Gasteiger partial charge on any atom is -0.445 e. The number of benzene rings is 1. The van der Waals surface area contributed by atoms with Crippen molar-refractivity contribution in [3.63, 3.8) is 0 Å². The molecule has 1 saturated heterocycles. The normalized spacial score (nSPS) is 29.6. The van der Waals surface area contributed by atoms with E-state index in [9.17, 15) is 4.79 Å². The van der Waals surface area contributed by atoms with E-state index in [4.69, 9.17) is 4.74 Å². The van der Waals surface area contributed by atoms with Gasteiger partial charge in [-0.1, -0.05) is 37.3 Å². The summed E-state index contributed by atoms with van der Waals surface area (Å²) in [5.41, 5.74) is 1.48. The predicted molar refractivity (Wildman–Crippen MR) is 69.0 cm³/mol. The number of amides is 1. The van der Waals surface area contributed by atoms with Crippen LogP contribution in [-0.4, -0.2) is 24.1 Å². The maximum atomic E-state index is 11.9. The van der Waals surface area contributed by atoms with Crippen LogP contribution in [0.1, 0.15) is 25.3 Å². The second kappa shape index (κ2) is 4.30. The molecule has 1 spiro atoms. The number of ether oxygens (including phenoxy) is 1. The van der Waals surface area contributed by atoms with Gasteiger partial charge in [0.2, 0.25) is 0 Å². The molecule has 0 N–H and O–H groups in total. The molecule has 2 atom stereocenters. The fourth-order valence-corrected chi connectivity index (χ4v) is 2.98. The van der Waals surface area contributed by atoms with E-state index in [-0.39, 0.29) is 6.09 Å². The molecular formula is C15H19NO2. The van der Waals surface area contributed by atoms with Crippen molar-refractivity contribution in [3.8, 4) is 0 Å². The molecular weight excluding hydrogens is 226 g/mol. The Bertz CT molecular complexity index is 445. The summed E-state index contributed by atoms with van der Waals surface area (Å²) in [6.45, 7) is 4.40. The van der Waals surface area contributed by atoms with Crippen molar-refractivity contribution < 1.29 is 9.53 Å². The summed E-state index contributed by atoms with van der Waals surface area (Å²) in [5.74, 6) is 0.782. The number of hydrogen-bond acceptors (Lipinski definition) is 2. The summed E-state index contributed by atoms with van der Waals surface area (Å²) in [6.07, 6.45) is 2.26. The standard InChI is InChI=1S/C15H19NO2/c1-12-9-15(12)7-8-16(11-15)14(17)18-10-13-5-3-2-4-6-13/h2-6,12H,7-11H2,1H3/t12-,15?/m1/s1. The third kappa shape index (κ3) is 2.09. The fraction of sp³-hybridized carbons (Fsp3) is 0.533. The first-order valence-corrected chi connectivity index (χ1v) is 6.65. The Kier molecular flexibility index (Phi) is 2.77. The summed E-state index contributed by atoms with van der Waals surface area (Å²) in [5, 5.41) is 0. The third-order valence-corrected chi connectivity index (χ3v) is 4.45. The van der Waals surface area contributed by atoms with Gasteiger partial charge >= 0.3 is 6.09 Å². The average Bonchev–Trinajstić information content (AvgIpc) is 2.83. The lowest BCUT2D eigenvalue weighted by Crippen LogP contribution is -2.29. The molecule has 3 rings (SSSR count). The highest BCUT2D eigenvalue weighted by Crippen LogP contribution is 2.58. The van der Waals surface area contributed by atoms with Gasteiger partial charge in [-0.15, -0.1) is 0 Å². The maximum Gasteiger partial charge on any atom is 0.410 e. The summed E-state index contributed by atoms with van der Waals surface area (Å²) in [7, 11) is 0. The average molecular weight is 245 g/mol. The molecule has 3 heteroatoms. The zero-order chi connectivity index (χ0) is 12.6. The van der Waals surface area contributed by atoms with Crippen molar-refractivity contribution in [1.82, 2.24) is 4.90 Å². The molecule has 2 aliphatic rings. The third-order valence-electron chi connectivity index (χ3n) is 4.45. The lowest BCUT2D eigenvalue weighted by Gasteiger charge is -2.16. The monoisotopic (exact) mass is 245 g/mol. The number of rotatable bonds is 2. The Hall–Kier alpha value is -1.51. The van der Waals surface area contributed by atoms with Crippen LogP contribution >= 0.6 is 0 Å². The van der Waals surface area contributed by atoms with Crippen molar-refractivity contribution in [2.45, 2.75) is 26.4 Å². The summed E-state index contributed by atoms with van der Waals surface area (Å²) in [6, 6.07) is 9.83. The van der Waals surface area contributed by atoms with Crippen molar-refractivity contribution in [2.75, 3.05) is 13.1 Å². The van der Waals surface area contributed by atoms with Crippen molar-refractivity contribution in [2.24, 2.45) is 11.3 Å². The second-order valence-electron chi connectivity index (χ2n) is 5.68. The van der Waals surface area contributed by atoms with Gasteiger partial charge in [0.15, 0.2) is 0 Å². The number of likely N-dealkylation sites (tertiary alicyclic amines) is 1. The highest BCUT2D eigenvalue weighted by Gasteiger charge is 2.55. The molecule has 3 nitrogen and oxygen atoms in total. The van der Waals surface area contributed by atoms with Crippen LogP contribution in [0.2, 0.25) is 0 Å². The highest BCUT2D eigenvalue weighted by atomic mass is 16.6. The quantitative estimate of drug-likeness (QED) is 0.801. The maximum absolute atomic E-state index is 11.9. The SMILES string of the molecule is C[C@@H]1CC12CCN(C(=O)OCc1ccccc1)C2. The molecule has 1 aromatic carbocycles. The van der Waals surface area contributed by atoms with E-state index in [1.165, 1.54) is 6.42 Å². The Labute approximate surface area is 108 Å². The van der Waals surface area contributed by atoms with Crippen LogP contribution in [0.4, 0.5) is 4.79 Å². The van der Waals surface area contributed by atoms with E-state index >= 15 is 0 Å². The Morgan fingerprint density at radius 1 is 1.44 bits per heavy atom. The Balaban J connectivity index is 1.51. The van der Waals surface area contributed by atoms with Crippen LogP contribution in [-0.2, 0) is 11.3 Å². The molecule has 1 aromatic rings. The van der Waals surface area contributed by atoms with Crippen LogP contribution in [0, 0.1) is 11.3 Å². The summed E-state index contributed by atoms with van der Waals surface area (Å²) >= 11 is 0. The lowest BCUT2D eigenvalue weighted by atomic mass is 10.0. The van der Waals surface area contributed by atoms with Gasteiger partial charge in [0.1, 0.15) is 6.61 Å². The van der Waals surface area contributed by atoms with Gasteiger partial charge in [-0.05, 0) is 29.7 Å². The molecule has 96 valence electrons. The van der Waals surface area contributed by atoms with Gasteiger partial charge in [0.05, 0.1) is 0 Å². The van der Waals surface area contributed by atoms with E-state index in [1.54, 1.807) is 0 Å². The summed E-state index contributed by atoms with van der Waals surface area (Å²) < 4.78 is 5.36. The van der Waals surface area contributed by atoms with Gasteiger partial charge in [-0.2, -0.15) is 0 Å². The molecule has 1 aliphatic carbocycles. The number of hydrogen-bond donors (Lipinski definition) is 0. The molecule has 1 amide bonds. The first-order valence-electron chi connectivity index (χ1n) is 6.65. The largest absolute Gasteiger partial charge is 0.445 e. The van der Waals surface area contributed by atoms with E-state index in [1.807, 2.05) is 35.2 Å². The molecule has 1 aliphatic heterocycles.